The Hall–Kier alpha value is -8.37. The van der Waals surface area contributed by atoms with E-state index >= 15 is 0 Å². The van der Waals surface area contributed by atoms with Crippen molar-refractivity contribution < 1.29 is 8.83 Å². The van der Waals surface area contributed by atoms with Crippen molar-refractivity contribution in [2.45, 2.75) is 5.92 Å². The molecule has 1 aliphatic rings. The number of para-hydroxylation sites is 3. The van der Waals surface area contributed by atoms with Crippen molar-refractivity contribution in [2.24, 2.45) is 0 Å². The van der Waals surface area contributed by atoms with Gasteiger partial charge in [-0.15, -0.1) is 0 Å². The Kier molecular flexibility index (Phi) is 6.50. The summed E-state index contributed by atoms with van der Waals surface area (Å²) in [6, 6.07) is 57.8. The number of aromatic nitrogens is 1. The van der Waals surface area contributed by atoms with E-state index in [4.69, 9.17) is 8.83 Å². The number of hydrogen-bond acceptors (Lipinski definition) is 5. The second-order valence-corrected chi connectivity index (χ2v) is 15.0. The first kappa shape index (κ1) is 31.9. The summed E-state index contributed by atoms with van der Waals surface area (Å²) >= 11 is 0. The van der Waals surface area contributed by atoms with Crippen LogP contribution in [-0.2, 0) is 0 Å². The van der Waals surface area contributed by atoms with Gasteiger partial charge in [0.15, 0.2) is 0 Å². The van der Waals surface area contributed by atoms with E-state index in [2.05, 4.69) is 83.4 Å². The van der Waals surface area contributed by atoms with Crippen molar-refractivity contribution in [3.63, 3.8) is 0 Å². The van der Waals surface area contributed by atoms with E-state index in [1.165, 1.54) is 0 Å². The SMILES string of the molecule is N#Cc1cc(-c2cc(C#N)cc(-n3c4ccccc4c4c5oc6ccccc6c5ccc43)c2)cc(C2c3ccc(C#N)cc3-c3c2ccc2c3oc3ccccc32)c1. The van der Waals surface area contributed by atoms with Crippen molar-refractivity contribution in [3.8, 4) is 46.1 Å². The highest BCUT2D eigenvalue weighted by molar-refractivity contribution is 6.24. The zero-order valence-electron chi connectivity index (χ0n) is 30.6. The minimum atomic E-state index is -0.232. The average Bonchev–Trinajstić information content (AvgIpc) is 4.03. The lowest BCUT2D eigenvalue weighted by molar-refractivity contribution is 0.669. The smallest absolute Gasteiger partial charge is 0.145 e. The van der Waals surface area contributed by atoms with Crippen LogP contribution >= 0.6 is 0 Å². The molecule has 266 valence electrons. The molecule has 3 aromatic heterocycles. The van der Waals surface area contributed by atoms with Crippen LogP contribution in [0.3, 0.4) is 0 Å². The molecule has 1 aliphatic carbocycles. The number of fused-ring (bicyclic) bond motifs is 14. The van der Waals surface area contributed by atoms with E-state index in [0.717, 1.165) is 110 Å². The zero-order valence-corrected chi connectivity index (χ0v) is 30.6. The fourth-order valence-electron chi connectivity index (χ4n) is 9.48. The van der Waals surface area contributed by atoms with Crippen LogP contribution in [0.25, 0.3) is 93.6 Å². The van der Waals surface area contributed by atoms with E-state index in [1.54, 1.807) is 0 Å². The van der Waals surface area contributed by atoms with Crippen LogP contribution in [0.4, 0.5) is 0 Å². The molecule has 0 N–H and O–H groups in total. The highest BCUT2D eigenvalue weighted by Gasteiger charge is 2.34. The third-order valence-corrected chi connectivity index (χ3v) is 11.9. The maximum Gasteiger partial charge on any atom is 0.145 e. The quantitative estimate of drug-likeness (QED) is 0.179. The van der Waals surface area contributed by atoms with E-state index in [9.17, 15) is 15.8 Å². The number of nitrogens with zero attached hydrogens (tertiary/aromatic N) is 4. The number of rotatable bonds is 3. The van der Waals surface area contributed by atoms with Crippen LogP contribution in [0.2, 0.25) is 0 Å². The molecule has 58 heavy (non-hydrogen) atoms. The first-order valence-electron chi connectivity index (χ1n) is 19.0. The summed E-state index contributed by atoms with van der Waals surface area (Å²) in [6.45, 7) is 0. The predicted molar refractivity (Wildman–Crippen MR) is 228 cm³/mol. The summed E-state index contributed by atoms with van der Waals surface area (Å²) in [4.78, 5) is 0. The van der Waals surface area contributed by atoms with Gasteiger partial charge < -0.3 is 13.4 Å². The lowest BCUT2D eigenvalue weighted by Crippen LogP contribution is -2.01. The van der Waals surface area contributed by atoms with Crippen LogP contribution in [0, 0.1) is 34.0 Å². The second-order valence-electron chi connectivity index (χ2n) is 15.0. The van der Waals surface area contributed by atoms with Crippen LogP contribution in [0.5, 0.6) is 0 Å². The molecule has 1 unspecified atom stereocenters. The Morgan fingerprint density at radius 2 is 1.09 bits per heavy atom. The molecular formula is C52H26N4O2. The van der Waals surface area contributed by atoms with Crippen molar-refractivity contribution >= 4 is 65.7 Å². The fourth-order valence-corrected chi connectivity index (χ4v) is 9.48. The van der Waals surface area contributed by atoms with Crippen molar-refractivity contribution in [1.82, 2.24) is 4.57 Å². The van der Waals surface area contributed by atoms with Crippen molar-refractivity contribution in [2.75, 3.05) is 0 Å². The summed E-state index contributed by atoms with van der Waals surface area (Å²) in [5.41, 5.74) is 14.2. The van der Waals surface area contributed by atoms with Crippen molar-refractivity contribution in [1.29, 1.82) is 15.8 Å². The molecule has 11 aromatic rings. The molecule has 0 radical (unpaired) electrons. The number of nitriles is 3. The number of furan rings is 2. The van der Waals surface area contributed by atoms with E-state index in [-0.39, 0.29) is 5.92 Å². The molecule has 12 rings (SSSR count). The first-order valence-corrected chi connectivity index (χ1v) is 19.0. The molecule has 0 aliphatic heterocycles. The maximum atomic E-state index is 10.5. The highest BCUT2D eigenvalue weighted by Crippen LogP contribution is 2.53. The normalized spacial score (nSPS) is 13.3. The topological polar surface area (TPSA) is 103 Å². The molecule has 3 heterocycles. The Morgan fingerprint density at radius 1 is 0.466 bits per heavy atom. The molecule has 8 aromatic carbocycles. The Labute approximate surface area is 330 Å². The molecule has 6 nitrogen and oxygen atoms in total. The van der Waals surface area contributed by atoms with Gasteiger partial charge in [0, 0.05) is 44.1 Å². The maximum absolute atomic E-state index is 10.5. The van der Waals surface area contributed by atoms with Crippen LogP contribution < -0.4 is 0 Å². The standard InChI is InChI=1S/C52H26N4O2/c53-26-29-13-14-38-43(23-29)49-42(16-15-39-36-7-2-5-11-46(36)57-51(39)49)48(38)34-21-30(27-54)19-32(24-34)33-20-31(28-55)22-35(25-33)56-44-10-4-1-9-41(44)50-45(56)18-17-40-37-8-3-6-12-47(37)58-52(40)50/h1-25,48H. The van der Waals surface area contributed by atoms with Crippen molar-refractivity contribution in [3.05, 3.63) is 185 Å². The summed E-state index contributed by atoms with van der Waals surface area (Å²) < 4.78 is 15.3. The third-order valence-electron chi connectivity index (χ3n) is 11.9. The summed E-state index contributed by atoms with van der Waals surface area (Å²) in [6.07, 6.45) is 0. The number of hydrogen-bond donors (Lipinski definition) is 0. The van der Waals surface area contributed by atoms with Crippen LogP contribution in [0.15, 0.2) is 160 Å². The van der Waals surface area contributed by atoms with E-state index in [1.807, 2.05) is 91.0 Å². The highest BCUT2D eigenvalue weighted by atomic mass is 16.3. The van der Waals surface area contributed by atoms with Gasteiger partial charge in [0.25, 0.3) is 0 Å². The third kappa shape index (κ3) is 4.39. The molecule has 1 atom stereocenters. The van der Waals surface area contributed by atoms with Gasteiger partial charge in [-0.3, -0.25) is 0 Å². The monoisotopic (exact) mass is 738 g/mol. The minimum Gasteiger partial charge on any atom is -0.455 e. The van der Waals surface area contributed by atoms with Gasteiger partial charge in [-0.25, -0.2) is 0 Å². The molecule has 0 saturated carbocycles. The zero-order chi connectivity index (χ0) is 38.6. The molecule has 6 heteroatoms. The van der Waals surface area contributed by atoms with Gasteiger partial charge >= 0.3 is 0 Å². The Balaban J connectivity index is 1.08. The van der Waals surface area contributed by atoms with Gasteiger partial charge in [0.1, 0.15) is 22.3 Å². The Morgan fingerprint density at radius 3 is 1.84 bits per heavy atom. The summed E-state index contributed by atoms with van der Waals surface area (Å²) in [5, 5.41) is 37.1. The molecule has 0 bridgehead atoms. The van der Waals surface area contributed by atoms with E-state index < -0.39 is 0 Å². The summed E-state index contributed by atoms with van der Waals surface area (Å²) in [5.74, 6) is -0.232. The second kappa shape index (κ2) is 11.8. The van der Waals surface area contributed by atoms with Gasteiger partial charge in [-0.1, -0.05) is 78.9 Å². The fraction of sp³-hybridized carbons (Fsp3) is 0.0192. The first-order chi connectivity index (χ1) is 28.6. The predicted octanol–water partition coefficient (Wildman–Crippen LogP) is 13.0. The van der Waals surface area contributed by atoms with Crippen LogP contribution in [-0.4, -0.2) is 4.57 Å². The van der Waals surface area contributed by atoms with E-state index in [0.29, 0.717) is 16.7 Å². The van der Waals surface area contributed by atoms with Gasteiger partial charge in [0.2, 0.25) is 0 Å². The largest absolute Gasteiger partial charge is 0.455 e. The van der Waals surface area contributed by atoms with Crippen LogP contribution in [0.1, 0.15) is 39.3 Å². The Bertz CT molecular complexity index is 3750. The molecule has 0 amide bonds. The summed E-state index contributed by atoms with van der Waals surface area (Å²) in [7, 11) is 0. The average molecular weight is 739 g/mol. The minimum absolute atomic E-state index is 0.232. The molecular weight excluding hydrogens is 713 g/mol. The molecule has 0 saturated heterocycles. The van der Waals surface area contributed by atoms with Gasteiger partial charge in [0.05, 0.1) is 51.3 Å². The lowest BCUT2D eigenvalue weighted by atomic mass is 9.86. The lowest BCUT2D eigenvalue weighted by Gasteiger charge is -2.17. The van der Waals surface area contributed by atoms with Gasteiger partial charge in [-0.2, -0.15) is 15.8 Å². The number of benzene rings is 8. The molecule has 0 fully saturated rings. The van der Waals surface area contributed by atoms with Gasteiger partial charge in [-0.05, 0) is 106 Å². The molecule has 0 spiro atoms.